The van der Waals surface area contributed by atoms with Crippen molar-refractivity contribution in [2.45, 2.75) is 25.7 Å². The highest BCUT2D eigenvalue weighted by Gasteiger charge is 2.33. The molecule has 4 rings (SSSR count). The first-order valence-corrected chi connectivity index (χ1v) is 10.9. The Bertz CT molecular complexity index is 1340. The molecule has 0 bridgehead atoms. The minimum atomic E-state index is -4.61. The molecule has 0 spiro atoms. The molecule has 0 aromatic carbocycles. The van der Waals surface area contributed by atoms with Gasteiger partial charge in [-0.25, -0.2) is 19.9 Å². The van der Waals surface area contributed by atoms with E-state index in [2.05, 4.69) is 30.1 Å². The van der Waals surface area contributed by atoms with Crippen molar-refractivity contribution in [3.05, 3.63) is 75.3 Å². The van der Waals surface area contributed by atoms with E-state index in [4.69, 9.17) is 5.73 Å². The fraction of sp³-hybridized carbons (Fsp3) is 0.190. The van der Waals surface area contributed by atoms with Gasteiger partial charge in [-0.05, 0) is 59.8 Å². The number of nitrogen functional groups attached to an aromatic ring is 1. The Kier molecular flexibility index (Phi) is 6.54. The monoisotopic (exact) mass is 580 g/mol. The number of fused-ring (bicyclic) bond motifs is 1. The van der Waals surface area contributed by atoms with Crippen LogP contribution in [0.1, 0.15) is 40.5 Å². The molecule has 174 valence electrons. The molecule has 0 saturated carbocycles. The van der Waals surface area contributed by atoms with E-state index in [0.717, 1.165) is 6.07 Å². The quantitative estimate of drug-likeness (QED) is 0.354. The van der Waals surface area contributed by atoms with Crippen LogP contribution in [0.25, 0.3) is 11.0 Å². The van der Waals surface area contributed by atoms with Crippen molar-refractivity contribution in [2.24, 2.45) is 0 Å². The number of carbonyl (C=O) groups is 1. The number of amides is 1. The van der Waals surface area contributed by atoms with Gasteiger partial charge in [0.1, 0.15) is 11.6 Å². The van der Waals surface area contributed by atoms with E-state index in [1.54, 1.807) is 25.1 Å². The zero-order chi connectivity index (χ0) is 24.5. The number of anilines is 1. The molecular weight excluding hydrogens is 564 g/mol. The van der Waals surface area contributed by atoms with Crippen molar-refractivity contribution in [3.8, 4) is 0 Å². The number of rotatable bonds is 5. The summed E-state index contributed by atoms with van der Waals surface area (Å²) in [7, 11) is 0. The van der Waals surface area contributed by atoms with Gasteiger partial charge in [0, 0.05) is 24.0 Å². The van der Waals surface area contributed by atoms with Crippen LogP contribution in [-0.2, 0) is 12.7 Å². The molecule has 0 saturated heterocycles. The van der Waals surface area contributed by atoms with Crippen molar-refractivity contribution in [2.75, 3.05) is 5.73 Å². The predicted molar refractivity (Wildman–Crippen MR) is 124 cm³/mol. The van der Waals surface area contributed by atoms with Gasteiger partial charge in [-0.15, -0.1) is 5.10 Å². The van der Waals surface area contributed by atoms with Crippen molar-refractivity contribution in [1.82, 2.24) is 35.0 Å². The first-order valence-electron chi connectivity index (χ1n) is 9.83. The molecule has 1 amide bonds. The summed E-state index contributed by atoms with van der Waals surface area (Å²) in [5, 5.41) is 7.52. The molecule has 0 aliphatic heterocycles. The molecule has 1 atom stereocenters. The maximum absolute atomic E-state index is 13.5. The van der Waals surface area contributed by atoms with Crippen LogP contribution in [0, 0.1) is 3.57 Å². The number of hydrogen-bond donors (Lipinski definition) is 1. The summed E-state index contributed by atoms with van der Waals surface area (Å²) in [5.41, 5.74) is 5.51. The lowest BCUT2D eigenvalue weighted by molar-refractivity contribution is -0.141. The Labute approximate surface area is 204 Å². The topological polar surface area (TPSA) is 124 Å². The van der Waals surface area contributed by atoms with Crippen molar-refractivity contribution in [3.63, 3.8) is 0 Å². The highest BCUT2D eigenvalue weighted by Crippen LogP contribution is 2.28. The number of pyridine rings is 2. The maximum Gasteiger partial charge on any atom is 0.435 e. The summed E-state index contributed by atoms with van der Waals surface area (Å²) >= 11 is 2.03. The Balaban J connectivity index is 1.70. The van der Waals surface area contributed by atoms with Gasteiger partial charge in [-0.2, -0.15) is 18.3 Å². The molecule has 4 aromatic heterocycles. The van der Waals surface area contributed by atoms with Gasteiger partial charge in [0.15, 0.2) is 11.3 Å². The zero-order valence-electron chi connectivity index (χ0n) is 17.5. The zero-order valence-corrected chi connectivity index (χ0v) is 19.7. The molecule has 0 aliphatic rings. The van der Waals surface area contributed by atoms with E-state index in [0.29, 0.717) is 26.2 Å². The number of nitrogens with two attached hydrogens (primary N) is 1. The summed E-state index contributed by atoms with van der Waals surface area (Å²) in [6.07, 6.45) is -0.171. The van der Waals surface area contributed by atoms with Gasteiger partial charge in [0.2, 0.25) is 0 Å². The number of nitrogens with zero attached hydrogens (tertiary/aromatic N) is 7. The van der Waals surface area contributed by atoms with Crippen LogP contribution in [0.5, 0.6) is 0 Å². The Hall–Kier alpha value is -3.49. The van der Waals surface area contributed by atoms with Gasteiger partial charge < -0.3 is 10.6 Å². The number of hydrogen-bond acceptors (Lipinski definition) is 8. The van der Waals surface area contributed by atoms with E-state index in [1.165, 1.54) is 29.6 Å². The van der Waals surface area contributed by atoms with Crippen LogP contribution in [0.3, 0.4) is 0 Å². The summed E-state index contributed by atoms with van der Waals surface area (Å²) in [6, 6.07) is 6.41. The third-order valence-corrected chi connectivity index (χ3v) is 5.79. The van der Waals surface area contributed by atoms with Crippen molar-refractivity contribution in [1.29, 1.82) is 0 Å². The fourth-order valence-electron chi connectivity index (χ4n) is 3.16. The minimum absolute atomic E-state index is 0.126. The van der Waals surface area contributed by atoms with Gasteiger partial charge in [-0.3, -0.25) is 4.79 Å². The van der Waals surface area contributed by atoms with Crippen LogP contribution in [0.15, 0.2) is 48.9 Å². The third kappa shape index (κ3) is 5.03. The lowest BCUT2D eigenvalue weighted by Gasteiger charge is -2.28. The van der Waals surface area contributed by atoms with Gasteiger partial charge in [0.05, 0.1) is 27.4 Å². The number of halogens is 4. The molecule has 0 aliphatic carbocycles. The van der Waals surface area contributed by atoms with Crippen molar-refractivity contribution >= 4 is 45.3 Å². The molecule has 34 heavy (non-hydrogen) atoms. The standard InChI is InChI=1S/C21H16F3IN8O/c1-11(18-27-5-2-6-28-18)33(10-14-3-4-16(32-31-14)21(22,23)24)20(34)13-7-12-8-15(25)17(26)30-19(12)29-9-13/h2-9,11H,10H2,1H3,(H2,26,29,30). The molecule has 0 radical (unpaired) electrons. The van der Waals surface area contributed by atoms with Crippen LogP contribution in [-0.4, -0.2) is 40.9 Å². The maximum atomic E-state index is 13.5. The van der Waals surface area contributed by atoms with Crippen molar-refractivity contribution < 1.29 is 18.0 Å². The summed E-state index contributed by atoms with van der Waals surface area (Å²) in [6.45, 7) is 1.59. The van der Waals surface area contributed by atoms with Crippen LogP contribution in [0.2, 0.25) is 0 Å². The first-order chi connectivity index (χ1) is 16.1. The predicted octanol–water partition coefficient (Wildman–Crippen LogP) is 3.82. The Morgan fingerprint density at radius 2 is 1.88 bits per heavy atom. The summed E-state index contributed by atoms with van der Waals surface area (Å²) in [4.78, 5) is 31.8. The van der Waals surface area contributed by atoms with Crippen LogP contribution < -0.4 is 5.73 Å². The van der Waals surface area contributed by atoms with Crippen LogP contribution in [0.4, 0.5) is 19.0 Å². The fourth-order valence-corrected chi connectivity index (χ4v) is 3.61. The largest absolute Gasteiger partial charge is 0.435 e. The lowest BCUT2D eigenvalue weighted by Crippen LogP contribution is -2.34. The van der Waals surface area contributed by atoms with Gasteiger partial charge >= 0.3 is 6.18 Å². The van der Waals surface area contributed by atoms with E-state index < -0.39 is 23.8 Å². The molecular formula is C21H16F3IN8O. The average Bonchev–Trinajstić information content (AvgIpc) is 2.82. The average molecular weight is 580 g/mol. The molecule has 2 N–H and O–H groups in total. The van der Waals surface area contributed by atoms with Gasteiger partial charge in [0.25, 0.3) is 5.91 Å². The second kappa shape index (κ2) is 9.40. The minimum Gasteiger partial charge on any atom is -0.383 e. The smallest absolute Gasteiger partial charge is 0.383 e. The first kappa shape index (κ1) is 23.7. The molecule has 4 aromatic rings. The second-order valence-electron chi connectivity index (χ2n) is 7.25. The molecule has 0 fully saturated rings. The Morgan fingerprint density at radius 1 is 1.15 bits per heavy atom. The van der Waals surface area contributed by atoms with E-state index in [9.17, 15) is 18.0 Å². The molecule has 1 unspecified atom stereocenters. The number of alkyl halides is 3. The van der Waals surface area contributed by atoms with E-state index >= 15 is 0 Å². The van der Waals surface area contributed by atoms with E-state index in [-0.39, 0.29) is 17.8 Å². The molecule has 13 heteroatoms. The molecule has 4 heterocycles. The number of carbonyl (C=O) groups excluding carboxylic acids is 1. The summed E-state index contributed by atoms with van der Waals surface area (Å²) in [5.74, 6) is 0.244. The number of aromatic nitrogens is 6. The second-order valence-corrected chi connectivity index (χ2v) is 8.41. The summed E-state index contributed by atoms with van der Waals surface area (Å²) < 4.78 is 39.3. The molecule has 9 nitrogen and oxygen atoms in total. The highest BCUT2D eigenvalue weighted by atomic mass is 127. The highest BCUT2D eigenvalue weighted by molar-refractivity contribution is 14.1. The Morgan fingerprint density at radius 3 is 2.53 bits per heavy atom. The third-order valence-electron chi connectivity index (χ3n) is 4.93. The van der Waals surface area contributed by atoms with Gasteiger partial charge in [-0.1, -0.05) is 0 Å². The van der Waals surface area contributed by atoms with Crippen LogP contribution >= 0.6 is 22.6 Å². The normalized spacial score (nSPS) is 12.5. The SMILES string of the molecule is CC(c1ncccn1)N(Cc1ccc(C(F)(F)F)nn1)C(=O)c1cnc2nc(N)c(I)cc2c1. The lowest BCUT2D eigenvalue weighted by atomic mass is 10.1. The van der Waals surface area contributed by atoms with E-state index in [1.807, 2.05) is 22.6 Å².